The minimum Gasteiger partial charge on any atom is -0.326 e. The molecular formula is C30H35N3O2S. The second-order valence-corrected chi connectivity index (χ2v) is 11.7. The van der Waals surface area contributed by atoms with Crippen molar-refractivity contribution in [1.29, 1.82) is 0 Å². The lowest BCUT2D eigenvalue weighted by atomic mass is 9.85. The van der Waals surface area contributed by atoms with Crippen LogP contribution in [0.25, 0.3) is 10.9 Å². The van der Waals surface area contributed by atoms with Crippen LogP contribution < -0.4 is 10.0 Å². The van der Waals surface area contributed by atoms with Crippen LogP contribution in [0, 0.1) is 0 Å². The van der Waals surface area contributed by atoms with Crippen molar-refractivity contribution in [2.45, 2.75) is 62.7 Å². The number of sulfonamides is 1. The maximum atomic E-state index is 14.2. The second-order valence-electron chi connectivity index (χ2n) is 10.1. The summed E-state index contributed by atoms with van der Waals surface area (Å²) in [6, 6.07) is 28.6. The first-order chi connectivity index (χ1) is 17.4. The van der Waals surface area contributed by atoms with Crippen molar-refractivity contribution < 1.29 is 8.42 Å². The van der Waals surface area contributed by atoms with Gasteiger partial charge in [0.1, 0.15) is 0 Å². The minimum atomic E-state index is -3.83. The summed E-state index contributed by atoms with van der Waals surface area (Å²) in [4.78, 5) is 0. The van der Waals surface area contributed by atoms with Crippen LogP contribution in [0.4, 0.5) is 0 Å². The normalized spacial score (nSPS) is 17.3. The molecule has 0 aliphatic carbocycles. The van der Waals surface area contributed by atoms with Gasteiger partial charge in [-0.2, -0.15) is 0 Å². The van der Waals surface area contributed by atoms with Crippen LogP contribution in [-0.4, -0.2) is 31.6 Å². The molecule has 5 nitrogen and oxygen atoms in total. The van der Waals surface area contributed by atoms with Gasteiger partial charge in [-0.1, -0.05) is 78.9 Å². The van der Waals surface area contributed by atoms with Crippen LogP contribution in [0.15, 0.2) is 90.0 Å². The lowest BCUT2D eigenvalue weighted by Crippen LogP contribution is -2.36. The molecule has 4 aromatic rings. The second kappa shape index (κ2) is 10.2. The van der Waals surface area contributed by atoms with Gasteiger partial charge in [0.2, 0.25) is 0 Å². The summed E-state index contributed by atoms with van der Waals surface area (Å²) in [5.74, 6) is -0.235. The lowest BCUT2D eigenvalue weighted by molar-refractivity contribution is 0.394. The van der Waals surface area contributed by atoms with Crippen LogP contribution in [0.5, 0.6) is 0 Å². The first-order valence-corrected chi connectivity index (χ1v) is 14.3. The van der Waals surface area contributed by atoms with Gasteiger partial charge in [-0.15, -0.1) is 0 Å². The number of para-hydroxylation sites is 1. The molecule has 0 radical (unpaired) electrons. The Balaban J connectivity index is 1.88. The summed E-state index contributed by atoms with van der Waals surface area (Å²) in [7, 11) is -3.83. The molecule has 0 saturated carbocycles. The highest BCUT2D eigenvalue weighted by atomic mass is 32.2. The molecule has 1 aliphatic heterocycles. The van der Waals surface area contributed by atoms with Gasteiger partial charge in [-0.25, -0.2) is 13.1 Å². The molecule has 36 heavy (non-hydrogen) atoms. The highest BCUT2D eigenvalue weighted by Gasteiger charge is 2.36. The summed E-state index contributed by atoms with van der Waals surface area (Å²) < 4.78 is 33.4. The van der Waals surface area contributed by atoms with E-state index in [4.69, 9.17) is 0 Å². The molecule has 1 fully saturated rings. The maximum absolute atomic E-state index is 14.2. The molecule has 1 aliphatic rings. The van der Waals surface area contributed by atoms with Gasteiger partial charge in [-0.3, -0.25) is 0 Å². The maximum Gasteiger partial charge on any atom is 0.256 e. The largest absolute Gasteiger partial charge is 0.326 e. The molecule has 3 aromatic carbocycles. The number of hydrogen-bond donors (Lipinski definition) is 2. The Morgan fingerprint density at radius 2 is 1.44 bits per heavy atom. The molecule has 2 N–H and O–H groups in total. The minimum absolute atomic E-state index is 0.0305. The smallest absolute Gasteiger partial charge is 0.256 e. The fraction of sp³-hybridized carbons (Fsp3) is 0.333. The standard InChI is InChI=1S/C30H35N3O2S/c1-21(2)32-36(34,35)30-29(28(23-13-6-4-7-14-23)24-15-8-5-9-16-24)25-17-10-11-19-27(25)33(30)22(3)26-18-12-20-31-26/h4-11,13-17,19,21-22,26,28,31-32H,12,18,20H2,1-3H3. The number of rotatable bonds is 8. The van der Waals surface area contributed by atoms with Crippen molar-refractivity contribution in [3.63, 3.8) is 0 Å². The molecule has 0 amide bonds. The van der Waals surface area contributed by atoms with E-state index in [1.807, 2.05) is 62.4 Å². The van der Waals surface area contributed by atoms with Crippen molar-refractivity contribution in [2.75, 3.05) is 6.54 Å². The van der Waals surface area contributed by atoms with Gasteiger partial charge in [-0.05, 0) is 57.4 Å². The predicted molar refractivity (Wildman–Crippen MR) is 147 cm³/mol. The van der Waals surface area contributed by atoms with Crippen molar-refractivity contribution in [1.82, 2.24) is 14.6 Å². The highest BCUT2D eigenvalue weighted by Crippen LogP contribution is 2.43. The summed E-state index contributed by atoms with van der Waals surface area (Å²) in [6.45, 7) is 6.85. The van der Waals surface area contributed by atoms with E-state index >= 15 is 0 Å². The first-order valence-electron chi connectivity index (χ1n) is 12.9. The van der Waals surface area contributed by atoms with Gasteiger partial charge < -0.3 is 9.88 Å². The summed E-state index contributed by atoms with van der Waals surface area (Å²) in [5, 5.41) is 4.95. The predicted octanol–water partition coefficient (Wildman–Crippen LogP) is 5.82. The molecule has 2 heterocycles. The van der Waals surface area contributed by atoms with E-state index in [1.54, 1.807) is 0 Å². The number of nitrogens with zero attached hydrogens (tertiary/aromatic N) is 1. The van der Waals surface area contributed by atoms with Gasteiger partial charge >= 0.3 is 0 Å². The third kappa shape index (κ3) is 4.61. The quantitative estimate of drug-likeness (QED) is 0.320. The Labute approximate surface area is 214 Å². The van der Waals surface area contributed by atoms with E-state index in [-0.39, 0.29) is 24.0 Å². The molecule has 5 rings (SSSR count). The van der Waals surface area contributed by atoms with Crippen molar-refractivity contribution in [3.8, 4) is 0 Å². The molecule has 2 atom stereocenters. The Morgan fingerprint density at radius 3 is 2.00 bits per heavy atom. The van der Waals surface area contributed by atoms with Crippen LogP contribution in [-0.2, 0) is 10.0 Å². The van der Waals surface area contributed by atoms with Crippen LogP contribution in [0.3, 0.4) is 0 Å². The Morgan fingerprint density at radius 1 is 0.861 bits per heavy atom. The fourth-order valence-electron chi connectivity index (χ4n) is 5.71. The topological polar surface area (TPSA) is 63.1 Å². The Bertz CT molecular complexity index is 1380. The third-order valence-electron chi connectivity index (χ3n) is 7.19. The van der Waals surface area contributed by atoms with E-state index in [0.717, 1.165) is 47.0 Å². The zero-order valence-electron chi connectivity index (χ0n) is 21.2. The molecule has 2 unspecified atom stereocenters. The highest BCUT2D eigenvalue weighted by molar-refractivity contribution is 7.89. The molecule has 6 heteroatoms. The van der Waals surface area contributed by atoms with Gasteiger partial charge in [0.15, 0.2) is 5.03 Å². The van der Waals surface area contributed by atoms with E-state index in [1.165, 1.54) is 0 Å². The SMILES string of the molecule is CC(C)NS(=O)(=O)c1c(C(c2ccccc2)c2ccccc2)c2ccccc2n1C(C)C1CCCN1. The molecule has 188 valence electrons. The van der Waals surface area contributed by atoms with E-state index in [0.29, 0.717) is 5.03 Å². The first kappa shape index (κ1) is 24.8. The summed E-state index contributed by atoms with van der Waals surface area (Å²) in [5.41, 5.74) is 3.93. The number of aromatic nitrogens is 1. The number of nitrogens with one attached hydrogen (secondary N) is 2. The van der Waals surface area contributed by atoms with Crippen LogP contribution in [0.1, 0.15) is 62.3 Å². The Hall–Kier alpha value is -2.93. The molecule has 1 aromatic heterocycles. The van der Waals surface area contributed by atoms with E-state index in [2.05, 4.69) is 57.9 Å². The monoisotopic (exact) mass is 501 g/mol. The van der Waals surface area contributed by atoms with Gasteiger partial charge in [0, 0.05) is 40.5 Å². The van der Waals surface area contributed by atoms with Crippen molar-refractivity contribution in [3.05, 3.63) is 102 Å². The van der Waals surface area contributed by atoms with Crippen molar-refractivity contribution in [2.24, 2.45) is 0 Å². The molecular weight excluding hydrogens is 466 g/mol. The average Bonchev–Trinajstić information content (AvgIpc) is 3.52. The lowest BCUT2D eigenvalue weighted by Gasteiger charge is -2.27. The average molecular weight is 502 g/mol. The fourth-order valence-corrected chi connectivity index (χ4v) is 7.48. The zero-order chi connectivity index (χ0) is 25.3. The van der Waals surface area contributed by atoms with E-state index < -0.39 is 10.0 Å². The van der Waals surface area contributed by atoms with Crippen LogP contribution in [0.2, 0.25) is 0 Å². The molecule has 0 bridgehead atoms. The number of fused-ring (bicyclic) bond motifs is 1. The number of benzene rings is 3. The third-order valence-corrected chi connectivity index (χ3v) is 8.90. The Kier molecular flexibility index (Phi) is 7.02. The summed E-state index contributed by atoms with van der Waals surface area (Å²) >= 11 is 0. The molecule has 0 spiro atoms. The zero-order valence-corrected chi connectivity index (χ0v) is 22.0. The molecule has 1 saturated heterocycles. The summed E-state index contributed by atoms with van der Waals surface area (Å²) in [6.07, 6.45) is 2.13. The van der Waals surface area contributed by atoms with Gasteiger partial charge in [0.05, 0.1) is 0 Å². The van der Waals surface area contributed by atoms with Crippen LogP contribution >= 0.6 is 0 Å². The van der Waals surface area contributed by atoms with Gasteiger partial charge in [0.25, 0.3) is 10.0 Å². The number of hydrogen-bond acceptors (Lipinski definition) is 3. The van der Waals surface area contributed by atoms with Crippen molar-refractivity contribution >= 4 is 20.9 Å². The van der Waals surface area contributed by atoms with E-state index in [9.17, 15) is 8.42 Å².